The minimum atomic E-state index is -1.28. The molecule has 0 saturated carbocycles. The second-order valence-corrected chi connectivity index (χ2v) is 5.34. The Morgan fingerprint density at radius 3 is 2.24 bits per heavy atom. The Morgan fingerprint density at radius 1 is 1.19 bits per heavy atom. The minimum absolute atomic E-state index is 0.237. The molecule has 0 atom stereocenters. The van der Waals surface area contributed by atoms with Crippen LogP contribution in [0.2, 0.25) is 0 Å². The SMILES string of the molecule is CCOC(=O)C(C)(C)C(=O)/C(=N/N(C)C)c1ccccc1. The number of rotatable bonds is 6. The van der Waals surface area contributed by atoms with E-state index >= 15 is 0 Å². The van der Waals surface area contributed by atoms with Crippen LogP contribution < -0.4 is 0 Å². The second kappa shape index (κ2) is 7.02. The van der Waals surface area contributed by atoms with Gasteiger partial charge in [0.15, 0.2) is 5.78 Å². The van der Waals surface area contributed by atoms with E-state index in [1.165, 1.54) is 0 Å². The van der Waals surface area contributed by atoms with E-state index in [-0.39, 0.29) is 18.1 Å². The standard InChI is InChI=1S/C16H22N2O3/c1-6-21-15(20)16(2,3)14(19)13(17-18(4)5)12-10-8-7-9-11-12/h7-11H,6H2,1-5H3/b17-13+. The van der Waals surface area contributed by atoms with E-state index in [1.807, 2.05) is 18.2 Å². The molecule has 0 aliphatic rings. The molecule has 0 aromatic heterocycles. The lowest BCUT2D eigenvalue weighted by atomic mass is 9.83. The number of nitrogens with zero attached hydrogens (tertiary/aromatic N) is 2. The Morgan fingerprint density at radius 2 is 1.76 bits per heavy atom. The Balaban J connectivity index is 3.22. The van der Waals surface area contributed by atoms with Crippen LogP contribution in [0, 0.1) is 5.41 Å². The molecule has 114 valence electrons. The number of Topliss-reactive ketones (excluding diaryl/α,β-unsaturated/α-hetero) is 1. The lowest BCUT2D eigenvalue weighted by molar-refractivity contribution is -0.156. The van der Waals surface area contributed by atoms with Gasteiger partial charge < -0.3 is 9.75 Å². The molecule has 5 nitrogen and oxygen atoms in total. The van der Waals surface area contributed by atoms with Crippen LogP contribution in [0.15, 0.2) is 35.4 Å². The predicted molar refractivity (Wildman–Crippen MR) is 82.1 cm³/mol. The maximum atomic E-state index is 12.8. The highest BCUT2D eigenvalue weighted by molar-refractivity contribution is 6.50. The summed E-state index contributed by atoms with van der Waals surface area (Å²) in [6.07, 6.45) is 0. The first-order valence-corrected chi connectivity index (χ1v) is 6.84. The van der Waals surface area contributed by atoms with Gasteiger partial charge in [-0.3, -0.25) is 9.59 Å². The smallest absolute Gasteiger partial charge is 0.319 e. The van der Waals surface area contributed by atoms with Crippen molar-refractivity contribution >= 4 is 17.5 Å². The number of carbonyl (C=O) groups excluding carboxylic acids is 2. The molecule has 1 aromatic rings. The number of hydrogen-bond acceptors (Lipinski definition) is 5. The van der Waals surface area contributed by atoms with Crippen LogP contribution in [0.1, 0.15) is 26.3 Å². The summed E-state index contributed by atoms with van der Waals surface area (Å²) in [6.45, 7) is 5.06. The van der Waals surface area contributed by atoms with Crippen LogP contribution >= 0.6 is 0 Å². The van der Waals surface area contributed by atoms with E-state index < -0.39 is 11.4 Å². The average molecular weight is 290 g/mol. The van der Waals surface area contributed by atoms with Crippen molar-refractivity contribution in [3.63, 3.8) is 0 Å². The third-order valence-electron chi connectivity index (χ3n) is 2.92. The first kappa shape index (κ1) is 16.9. The van der Waals surface area contributed by atoms with Crippen LogP contribution in [0.4, 0.5) is 0 Å². The minimum Gasteiger partial charge on any atom is -0.465 e. The summed E-state index contributed by atoms with van der Waals surface area (Å²) in [4.78, 5) is 24.8. The van der Waals surface area contributed by atoms with Gasteiger partial charge in [0.25, 0.3) is 0 Å². The molecule has 0 saturated heterocycles. The maximum Gasteiger partial charge on any atom is 0.319 e. The molecule has 0 N–H and O–H groups in total. The molecular formula is C16H22N2O3. The normalized spacial score (nSPS) is 12.0. The van der Waals surface area contributed by atoms with Crippen molar-refractivity contribution in [1.29, 1.82) is 0 Å². The highest BCUT2D eigenvalue weighted by Gasteiger charge is 2.40. The van der Waals surface area contributed by atoms with Crippen LogP contribution in [-0.2, 0) is 14.3 Å². The Kier molecular flexibility index (Phi) is 5.64. The predicted octanol–water partition coefficient (Wildman–Crippen LogP) is 2.11. The molecule has 0 unspecified atom stereocenters. The maximum absolute atomic E-state index is 12.8. The summed E-state index contributed by atoms with van der Waals surface area (Å²) in [5.74, 6) is -0.904. The lowest BCUT2D eigenvalue weighted by Gasteiger charge is -2.22. The topological polar surface area (TPSA) is 59.0 Å². The summed E-state index contributed by atoms with van der Waals surface area (Å²) in [6, 6.07) is 9.09. The summed E-state index contributed by atoms with van der Waals surface area (Å²) in [7, 11) is 3.46. The molecule has 0 fully saturated rings. The summed E-state index contributed by atoms with van der Waals surface area (Å²) < 4.78 is 4.99. The molecule has 5 heteroatoms. The fraction of sp³-hybridized carbons (Fsp3) is 0.438. The zero-order chi connectivity index (χ0) is 16.0. The van der Waals surface area contributed by atoms with E-state index in [9.17, 15) is 9.59 Å². The third-order valence-corrected chi connectivity index (χ3v) is 2.92. The van der Waals surface area contributed by atoms with Gasteiger partial charge >= 0.3 is 5.97 Å². The molecule has 21 heavy (non-hydrogen) atoms. The number of benzene rings is 1. The molecule has 0 aliphatic carbocycles. The van der Waals surface area contributed by atoms with Gasteiger partial charge in [-0.1, -0.05) is 30.3 Å². The number of carbonyl (C=O) groups is 2. The number of esters is 1. The van der Waals surface area contributed by atoms with Crippen LogP contribution in [0.25, 0.3) is 0 Å². The zero-order valence-corrected chi connectivity index (χ0v) is 13.2. The van der Waals surface area contributed by atoms with Gasteiger partial charge in [0.1, 0.15) is 11.1 Å². The highest BCUT2D eigenvalue weighted by Crippen LogP contribution is 2.22. The van der Waals surface area contributed by atoms with Gasteiger partial charge in [-0.15, -0.1) is 0 Å². The van der Waals surface area contributed by atoms with Crippen molar-refractivity contribution < 1.29 is 14.3 Å². The van der Waals surface area contributed by atoms with Crippen molar-refractivity contribution in [2.75, 3.05) is 20.7 Å². The van der Waals surface area contributed by atoms with Crippen LogP contribution in [-0.4, -0.2) is 43.2 Å². The number of ketones is 1. The van der Waals surface area contributed by atoms with Crippen molar-refractivity contribution in [3.8, 4) is 0 Å². The summed E-state index contributed by atoms with van der Waals surface area (Å²) in [5.41, 5.74) is -0.354. The number of hydrazone groups is 1. The fourth-order valence-corrected chi connectivity index (χ4v) is 1.73. The molecule has 0 radical (unpaired) electrons. The highest BCUT2D eigenvalue weighted by atomic mass is 16.5. The first-order valence-electron chi connectivity index (χ1n) is 6.84. The third kappa shape index (κ3) is 4.15. The van der Waals surface area contributed by atoms with Crippen molar-refractivity contribution in [2.45, 2.75) is 20.8 Å². The van der Waals surface area contributed by atoms with Crippen molar-refractivity contribution in [1.82, 2.24) is 5.01 Å². The molecule has 0 heterocycles. The fourth-order valence-electron chi connectivity index (χ4n) is 1.73. The molecule has 0 amide bonds. The van der Waals surface area contributed by atoms with E-state index in [1.54, 1.807) is 52.0 Å². The lowest BCUT2D eigenvalue weighted by Crippen LogP contribution is -2.40. The Hall–Kier alpha value is -2.17. The quantitative estimate of drug-likeness (QED) is 0.348. The molecule has 0 spiro atoms. The molecule has 1 aromatic carbocycles. The zero-order valence-electron chi connectivity index (χ0n) is 13.2. The van der Waals surface area contributed by atoms with Gasteiger partial charge in [0, 0.05) is 19.7 Å². The van der Waals surface area contributed by atoms with Gasteiger partial charge in [-0.25, -0.2) is 0 Å². The van der Waals surface area contributed by atoms with Crippen molar-refractivity contribution in [2.24, 2.45) is 10.5 Å². The summed E-state index contributed by atoms with van der Waals surface area (Å²) >= 11 is 0. The van der Waals surface area contributed by atoms with Crippen LogP contribution in [0.3, 0.4) is 0 Å². The summed E-state index contributed by atoms with van der Waals surface area (Å²) in [5, 5.41) is 5.79. The van der Waals surface area contributed by atoms with E-state index in [4.69, 9.17) is 4.74 Å². The Labute approximate surface area is 125 Å². The molecular weight excluding hydrogens is 268 g/mol. The van der Waals surface area contributed by atoms with Crippen LogP contribution in [0.5, 0.6) is 0 Å². The van der Waals surface area contributed by atoms with Gasteiger partial charge in [0.05, 0.1) is 6.61 Å². The number of ether oxygens (including phenoxy) is 1. The first-order chi connectivity index (χ1) is 9.80. The molecule has 0 aliphatic heterocycles. The second-order valence-electron chi connectivity index (χ2n) is 5.34. The molecule has 0 bridgehead atoms. The average Bonchev–Trinajstić information content (AvgIpc) is 2.45. The van der Waals surface area contributed by atoms with Gasteiger partial charge in [-0.2, -0.15) is 5.10 Å². The largest absolute Gasteiger partial charge is 0.465 e. The van der Waals surface area contributed by atoms with E-state index in [0.29, 0.717) is 5.56 Å². The monoisotopic (exact) mass is 290 g/mol. The Bertz CT molecular complexity index is 534. The van der Waals surface area contributed by atoms with E-state index in [2.05, 4.69) is 5.10 Å². The van der Waals surface area contributed by atoms with Gasteiger partial charge in [-0.05, 0) is 20.8 Å². The van der Waals surface area contributed by atoms with E-state index in [0.717, 1.165) is 0 Å². The van der Waals surface area contributed by atoms with Gasteiger partial charge in [0.2, 0.25) is 0 Å². The molecule has 1 rings (SSSR count). The number of hydrogen-bond donors (Lipinski definition) is 0. The van der Waals surface area contributed by atoms with Crippen molar-refractivity contribution in [3.05, 3.63) is 35.9 Å².